The molecule has 1 aromatic heterocycles. The lowest BCUT2D eigenvalue weighted by Gasteiger charge is -2.08. The highest BCUT2D eigenvalue weighted by atomic mass is 32.2. The third kappa shape index (κ3) is 3.72. The fraction of sp³-hybridized carbons (Fsp3) is 0.267. The summed E-state index contributed by atoms with van der Waals surface area (Å²) >= 11 is 1.37. The molecule has 1 aromatic carbocycles. The number of hydrogen-bond donors (Lipinski definition) is 1. The fourth-order valence-electron chi connectivity index (χ4n) is 1.89. The molecule has 0 fully saturated rings. The zero-order valence-electron chi connectivity index (χ0n) is 12.2. The largest absolute Gasteiger partial charge is 0.358 e. The summed E-state index contributed by atoms with van der Waals surface area (Å²) in [4.78, 5) is 11.4. The number of benzene rings is 1. The lowest BCUT2D eigenvalue weighted by Crippen LogP contribution is -2.20. The summed E-state index contributed by atoms with van der Waals surface area (Å²) in [5.74, 6) is 1.07. The maximum Gasteiger partial charge on any atom is 0.230 e. The van der Waals surface area contributed by atoms with Crippen LogP contribution in [0.3, 0.4) is 0 Å². The summed E-state index contributed by atoms with van der Waals surface area (Å²) in [7, 11) is 1.62. The minimum atomic E-state index is -0.0368. The van der Waals surface area contributed by atoms with Crippen molar-refractivity contribution >= 4 is 17.7 Å². The topological polar surface area (TPSA) is 59.8 Å². The second-order valence-corrected chi connectivity index (χ2v) is 5.48. The van der Waals surface area contributed by atoms with Gasteiger partial charge in [-0.3, -0.25) is 9.36 Å². The number of nitrogens with zero attached hydrogens (tertiary/aromatic N) is 3. The van der Waals surface area contributed by atoms with Crippen LogP contribution in [0.25, 0.3) is 11.4 Å². The van der Waals surface area contributed by atoms with Crippen LogP contribution in [0, 0.1) is 6.92 Å². The summed E-state index contributed by atoms with van der Waals surface area (Å²) in [5.41, 5.74) is 2.18. The maximum absolute atomic E-state index is 11.4. The average molecular weight is 302 g/mol. The van der Waals surface area contributed by atoms with Crippen molar-refractivity contribution in [2.45, 2.75) is 18.6 Å². The normalized spacial score (nSPS) is 10.4. The van der Waals surface area contributed by atoms with E-state index in [0.717, 1.165) is 16.5 Å². The Labute approximate surface area is 128 Å². The molecule has 1 amide bonds. The van der Waals surface area contributed by atoms with Crippen molar-refractivity contribution in [3.63, 3.8) is 0 Å². The molecular formula is C15H18N4OS. The van der Waals surface area contributed by atoms with Gasteiger partial charge in [0.2, 0.25) is 5.91 Å². The smallest absolute Gasteiger partial charge is 0.230 e. The minimum absolute atomic E-state index is 0.0368. The van der Waals surface area contributed by atoms with Gasteiger partial charge in [0.1, 0.15) is 0 Å². The first-order chi connectivity index (χ1) is 10.2. The zero-order valence-corrected chi connectivity index (χ0v) is 13.0. The van der Waals surface area contributed by atoms with Gasteiger partial charge in [0.25, 0.3) is 0 Å². The third-order valence-electron chi connectivity index (χ3n) is 2.92. The van der Waals surface area contributed by atoms with Crippen LogP contribution in [0.1, 0.15) is 5.56 Å². The minimum Gasteiger partial charge on any atom is -0.358 e. The first-order valence-corrected chi connectivity index (χ1v) is 7.58. The highest BCUT2D eigenvalue weighted by Gasteiger charge is 2.14. The first-order valence-electron chi connectivity index (χ1n) is 6.60. The summed E-state index contributed by atoms with van der Waals surface area (Å²) in [5, 5.41) is 11.8. The van der Waals surface area contributed by atoms with Crippen molar-refractivity contribution in [3.05, 3.63) is 42.5 Å². The Morgan fingerprint density at radius 2 is 2.29 bits per heavy atom. The van der Waals surface area contributed by atoms with Crippen LogP contribution in [-0.2, 0) is 11.3 Å². The second kappa shape index (κ2) is 7.08. The number of amides is 1. The number of thioether (sulfide) groups is 1. The Kier molecular flexibility index (Phi) is 5.16. The van der Waals surface area contributed by atoms with Gasteiger partial charge in [0, 0.05) is 19.2 Å². The predicted octanol–water partition coefficient (Wildman–Crippen LogP) is 2.28. The predicted molar refractivity (Wildman–Crippen MR) is 85.2 cm³/mol. The lowest BCUT2D eigenvalue weighted by atomic mass is 10.1. The standard InChI is InChI=1S/C15H18N4OS/c1-4-8-19-14(12-7-5-6-11(2)9-12)17-18-15(19)21-10-13(20)16-3/h4-7,9H,1,8,10H2,2-3H3,(H,16,20). The molecule has 6 heteroatoms. The fourth-order valence-corrected chi connectivity index (χ4v) is 2.71. The number of carbonyl (C=O) groups excluding carboxylic acids is 1. The van der Waals surface area contributed by atoms with Gasteiger partial charge in [-0.05, 0) is 13.0 Å². The lowest BCUT2D eigenvalue weighted by molar-refractivity contribution is -0.118. The molecule has 0 unspecified atom stereocenters. The van der Waals surface area contributed by atoms with E-state index in [9.17, 15) is 4.79 Å². The van der Waals surface area contributed by atoms with E-state index in [0.29, 0.717) is 12.3 Å². The second-order valence-electron chi connectivity index (χ2n) is 4.54. The van der Waals surface area contributed by atoms with E-state index in [1.807, 2.05) is 29.7 Å². The molecule has 0 aliphatic carbocycles. The molecule has 0 aliphatic rings. The monoisotopic (exact) mass is 302 g/mol. The molecular weight excluding hydrogens is 284 g/mol. The van der Waals surface area contributed by atoms with E-state index in [2.05, 4.69) is 28.2 Å². The molecule has 0 radical (unpaired) electrons. The van der Waals surface area contributed by atoms with Gasteiger partial charge < -0.3 is 5.32 Å². The quantitative estimate of drug-likeness (QED) is 0.657. The Balaban J connectivity index is 2.32. The Morgan fingerprint density at radius 3 is 2.95 bits per heavy atom. The maximum atomic E-state index is 11.4. The van der Waals surface area contributed by atoms with Crippen LogP contribution in [0.2, 0.25) is 0 Å². The molecule has 110 valence electrons. The summed E-state index contributed by atoms with van der Waals surface area (Å²) in [6.45, 7) is 6.42. The Hall–Kier alpha value is -2.08. The van der Waals surface area contributed by atoms with Gasteiger partial charge in [0.05, 0.1) is 5.75 Å². The molecule has 2 aromatic rings. The first kappa shape index (κ1) is 15.3. The van der Waals surface area contributed by atoms with Crippen LogP contribution in [0.5, 0.6) is 0 Å². The summed E-state index contributed by atoms with van der Waals surface area (Å²) in [6, 6.07) is 8.11. The number of hydrogen-bond acceptors (Lipinski definition) is 4. The van der Waals surface area contributed by atoms with Crippen molar-refractivity contribution in [1.29, 1.82) is 0 Å². The summed E-state index contributed by atoms with van der Waals surface area (Å²) in [6.07, 6.45) is 1.80. The van der Waals surface area contributed by atoms with Crippen molar-refractivity contribution in [2.24, 2.45) is 0 Å². The van der Waals surface area contributed by atoms with Crippen LogP contribution >= 0.6 is 11.8 Å². The molecule has 0 saturated heterocycles. The van der Waals surface area contributed by atoms with Gasteiger partial charge in [-0.25, -0.2) is 0 Å². The van der Waals surface area contributed by atoms with Crippen LogP contribution in [-0.4, -0.2) is 33.5 Å². The van der Waals surface area contributed by atoms with Crippen LogP contribution in [0.15, 0.2) is 42.1 Å². The number of rotatable bonds is 6. The molecule has 21 heavy (non-hydrogen) atoms. The SMILES string of the molecule is C=CCn1c(SCC(=O)NC)nnc1-c1cccc(C)c1. The highest BCUT2D eigenvalue weighted by molar-refractivity contribution is 7.99. The molecule has 1 N–H and O–H groups in total. The van der Waals surface area contributed by atoms with E-state index in [1.54, 1.807) is 13.1 Å². The number of aromatic nitrogens is 3. The molecule has 5 nitrogen and oxygen atoms in total. The molecule has 1 heterocycles. The van der Waals surface area contributed by atoms with Crippen LogP contribution in [0.4, 0.5) is 0 Å². The van der Waals surface area contributed by atoms with Gasteiger partial charge in [0.15, 0.2) is 11.0 Å². The van der Waals surface area contributed by atoms with E-state index in [4.69, 9.17) is 0 Å². The highest BCUT2D eigenvalue weighted by Crippen LogP contribution is 2.24. The van der Waals surface area contributed by atoms with Gasteiger partial charge in [-0.1, -0.05) is 41.6 Å². The van der Waals surface area contributed by atoms with Crippen molar-refractivity contribution < 1.29 is 4.79 Å². The van der Waals surface area contributed by atoms with E-state index < -0.39 is 0 Å². The molecule has 0 spiro atoms. The third-order valence-corrected chi connectivity index (χ3v) is 3.88. The van der Waals surface area contributed by atoms with Crippen molar-refractivity contribution in [3.8, 4) is 11.4 Å². The van der Waals surface area contributed by atoms with E-state index >= 15 is 0 Å². The molecule has 2 rings (SSSR count). The number of nitrogens with one attached hydrogen (secondary N) is 1. The molecule has 0 saturated carbocycles. The Bertz CT molecular complexity index is 651. The summed E-state index contributed by atoms with van der Waals surface area (Å²) < 4.78 is 1.97. The van der Waals surface area contributed by atoms with Crippen molar-refractivity contribution in [2.75, 3.05) is 12.8 Å². The van der Waals surface area contributed by atoms with Gasteiger partial charge in [-0.2, -0.15) is 0 Å². The zero-order chi connectivity index (χ0) is 15.2. The Morgan fingerprint density at radius 1 is 1.48 bits per heavy atom. The van der Waals surface area contributed by atoms with Gasteiger partial charge >= 0.3 is 0 Å². The number of aryl methyl sites for hydroxylation is 1. The van der Waals surface area contributed by atoms with E-state index in [1.165, 1.54) is 17.3 Å². The number of carbonyl (C=O) groups is 1. The molecule has 0 atom stereocenters. The van der Waals surface area contributed by atoms with Crippen molar-refractivity contribution in [1.82, 2.24) is 20.1 Å². The molecule has 0 aliphatic heterocycles. The van der Waals surface area contributed by atoms with E-state index in [-0.39, 0.29) is 5.91 Å². The number of allylic oxidation sites excluding steroid dienone is 1. The van der Waals surface area contributed by atoms with Gasteiger partial charge in [-0.15, -0.1) is 16.8 Å². The van der Waals surface area contributed by atoms with Crippen LogP contribution < -0.4 is 5.32 Å². The average Bonchev–Trinajstić information content (AvgIpc) is 2.88. The molecule has 0 bridgehead atoms.